The fourth-order valence-electron chi connectivity index (χ4n) is 2.14. The Hall–Kier alpha value is -0.100. The lowest BCUT2D eigenvalue weighted by atomic mass is 10.1. The molecule has 18 heavy (non-hydrogen) atoms. The molecule has 1 fully saturated rings. The first-order valence-corrected chi connectivity index (χ1v) is 7.43. The van der Waals surface area contributed by atoms with Gasteiger partial charge in [-0.1, -0.05) is 0 Å². The Bertz CT molecular complexity index is 407. The molecule has 0 spiro atoms. The summed E-state index contributed by atoms with van der Waals surface area (Å²) in [4.78, 5) is 15.4. The fourth-order valence-corrected chi connectivity index (χ4v) is 3.61. The van der Waals surface area contributed by atoms with Crippen molar-refractivity contribution in [3.05, 3.63) is 20.8 Å². The number of hydrogen-bond acceptors (Lipinski definition) is 3. The fraction of sp³-hybridized carbons (Fsp3) is 0.583. The third-order valence-corrected chi connectivity index (χ3v) is 5.13. The highest BCUT2D eigenvalue weighted by atomic mass is 79.9. The number of hydrogen-bond donors (Lipinski definition) is 1. The molecule has 1 aromatic heterocycles. The average Bonchev–Trinajstić information content (AvgIpc) is 2.96. The Kier molecular flexibility index (Phi) is 6.11. The molecule has 3 nitrogen and oxygen atoms in total. The van der Waals surface area contributed by atoms with E-state index >= 15 is 0 Å². The molecule has 0 aliphatic carbocycles. The summed E-state index contributed by atoms with van der Waals surface area (Å²) >= 11 is 5.07. The van der Waals surface area contributed by atoms with Gasteiger partial charge in [-0.3, -0.25) is 4.79 Å². The van der Waals surface area contributed by atoms with E-state index in [-0.39, 0.29) is 24.2 Å². The predicted octanol–water partition coefficient (Wildman–Crippen LogP) is 2.86. The first-order valence-electron chi connectivity index (χ1n) is 5.82. The molecular formula is C12H18BrClN2OS. The molecule has 102 valence electrons. The second-order valence-electron chi connectivity index (χ2n) is 4.46. The number of carbonyl (C=O) groups excluding carboxylic acids is 1. The zero-order valence-corrected chi connectivity index (χ0v) is 13.7. The van der Waals surface area contributed by atoms with Gasteiger partial charge in [0.1, 0.15) is 0 Å². The number of likely N-dealkylation sites (N-methyl/N-ethyl adjacent to an activating group) is 1. The summed E-state index contributed by atoms with van der Waals surface area (Å²) in [5.74, 6) is 0.171. The molecule has 2 heterocycles. The minimum atomic E-state index is -0.0445. The number of halogens is 2. The van der Waals surface area contributed by atoms with Crippen molar-refractivity contribution in [1.29, 1.82) is 0 Å². The molecule has 2 rings (SSSR count). The quantitative estimate of drug-likeness (QED) is 0.906. The molecular weight excluding hydrogens is 336 g/mol. The molecule has 1 saturated heterocycles. The van der Waals surface area contributed by atoms with Crippen molar-refractivity contribution in [3.63, 3.8) is 0 Å². The van der Waals surface area contributed by atoms with Crippen LogP contribution in [0.4, 0.5) is 0 Å². The van der Waals surface area contributed by atoms with Crippen molar-refractivity contribution in [3.8, 4) is 0 Å². The van der Waals surface area contributed by atoms with Crippen LogP contribution >= 0.6 is 39.7 Å². The summed E-state index contributed by atoms with van der Waals surface area (Å²) in [6.07, 6.45) is 1.06. The van der Waals surface area contributed by atoms with Gasteiger partial charge in [0, 0.05) is 24.5 Å². The van der Waals surface area contributed by atoms with Crippen LogP contribution in [0.5, 0.6) is 0 Å². The van der Waals surface area contributed by atoms with Gasteiger partial charge in [0.2, 0.25) is 5.91 Å². The van der Waals surface area contributed by atoms with Crippen LogP contribution < -0.4 is 5.32 Å². The van der Waals surface area contributed by atoms with Crippen LogP contribution in [0.3, 0.4) is 0 Å². The Balaban J connectivity index is 0.00000162. The second kappa shape index (κ2) is 6.89. The van der Waals surface area contributed by atoms with Crippen LogP contribution in [0.1, 0.15) is 24.1 Å². The monoisotopic (exact) mass is 352 g/mol. The number of amides is 1. The highest BCUT2D eigenvalue weighted by Gasteiger charge is 2.27. The van der Waals surface area contributed by atoms with Crippen LogP contribution in [0.25, 0.3) is 0 Å². The summed E-state index contributed by atoms with van der Waals surface area (Å²) < 4.78 is 1.08. The van der Waals surface area contributed by atoms with Gasteiger partial charge in [-0.05, 0) is 48.0 Å². The van der Waals surface area contributed by atoms with Crippen molar-refractivity contribution < 1.29 is 4.79 Å². The van der Waals surface area contributed by atoms with E-state index in [1.54, 1.807) is 11.3 Å². The zero-order chi connectivity index (χ0) is 12.4. The first kappa shape index (κ1) is 16.0. The minimum Gasteiger partial charge on any atom is -0.341 e. The van der Waals surface area contributed by atoms with E-state index in [2.05, 4.69) is 21.2 Å². The second-order valence-corrected chi connectivity index (χ2v) is 6.95. The lowest BCUT2D eigenvalue weighted by Gasteiger charge is -2.26. The maximum absolute atomic E-state index is 12.3. The molecule has 2 atom stereocenters. The number of rotatable bonds is 3. The van der Waals surface area contributed by atoms with E-state index in [9.17, 15) is 4.79 Å². The highest BCUT2D eigenvalue weighted by molar-refractivity contribution is 9.11. The Morgan fingerprint density at radius 3 is 2.83 bits per heavy atom. The molecule has 1 amide bonds. The highest BCUT2D eigenvalue weighted by Crippen LogP contribution is 2.29. The van der Waals surface area contributed by atoms with E-state index in [0.717, 1.165) is 28.2 Å². The number of thiophene rings is 1. The topological polar surface area (TPSA) is 32.3 Å². The van der Waals surface area contributed by atoms with E-state index in [1.165, 1.54) is 0 Å². The molecule has 1 aliphatic heterocycles. The normalized spacial score (nSPS) is 20.3. The van der Waals surface area contributed by atoms with E-state index < -0.39 is 0 Å². The number of carbonyl (C=O) groups is 1. The summed E-state index contributed by atoms with van der Waals surface area (Å²) in [5.41, 5.74) is 0. The van der Waals surface area contributed by atoms with Gasteiger partial charge in [-0.2, -0.15) is 0 Å². The molecule has 0 saturated carbocycles. The van der Waals surface area contributed by atoms with Crippen LogP contribution in [-0.4, -0.2) is 37.0 Å². The smallest absolute Gasteiger partial charge is 0.230 e. The molecule has 1 aromatic rings. The molecule has 2 unspecified atom stereocenters. The molecule has 0 aromatic carbocycles. The minimum absolute atomic E-state index is 0. The van der Waals surface area contributed by atoms with Gasteiger partial charge in [-0.25, -0.2) is 0 Å². The Morgan fingerprint density at radius 1 is 1.61 bits per heavy atom. The van der Waals surface area contributed by atoms with Gasteiger partial charge >= 0.3 is 0 Å². The van der Waals surface area contributed by atoms with Gasteiger partial charge in [0.25, 0.3) is 0 Å². The maximum Gasteiger partial charge on any atom is 0.230 e. The standard InChI is InChI=1S/C12H17BrN2OS.ClH/c1-8(10-3-4-11(13)17-10)12(16)15(2)9-5-6-14-7-9;/h3-4,8-9,14H,5-7H2,1-2H3;1H. The van der Waals surface area contributed by atoms with Crippen molar-refractivity contribution in [2.75, 3.05) is 20.1 Å². The summed E-state index contributed by atoms with van der Waals surface area (Å²) in [6.45, 7) is 3.92. The summed E-state index contributed by atoms with van der Waals surface area (Å²) in [5, 5.41) is 3.29. The van der Waals surface area contributed by atoms with Crippen LogP contribution in [-0.2, 0) is 4.79 Å². The third-order valence-electron chi connectivity index (χ3n) is 3.32. The summed E-state index contributed by atoms with van der Waals surface area (Å²) in [6, 6.07) is 4.38. The maximum atomic E-state index is 12.3. The van der Waals surface area contributed by atoms with Crippen LogP contribution in [0, 0.1) is 0 Å². The number of nitrogens with one attached hydrogen (secondary N) is 1. The largest absolute Gasteiger partial charge is 0.341 e. The Labute approximate surface area is 126 Å². The lowest BCUT2D eigenvalue weighted by molar-refractivity contribution is -0.132. The van der Waals surface area contributed by atoms with Gasteiger partial charge in [0.15, 0.2) is 0 Å². The van der Waals surface area contributed by atoms with Crippen molar-refractivity contribution in [1.82, 2.24) is 10.2 Å². The lowest BCUT2D eigenvalue weighted by Crippen LogP contribution is -2.40. The number of nitrogens with zero attached hydrogens (tertiary/aromatic N) is 1. The molecule has 0 bridgehead atoms. The molecule has 6 heteroatoms. The van der Waals surface area contributed by atoms with Crippen molar-refractivity contribution in [2.45, 2.75) is 25.3 Å². The molecule has 0 radical (unpaired) electrons. The predicted molar refractivity (Wildman–Crippen MR) is 81.7 cm³/mol. The van der Waals surface area contributed by atoms with Crippen LogP contribution in [0.2, 0.25) is 0 Å². The van der Waals surface area contributed by atoms with E-state index in [1.807, 2.05) is 31.0 Å². The van der Waals surface area contributed by atoms with Crippen LogP contribution in [0.15, 0.2) is 15.9 Å². The van der Waals surface area contributed by atoms with Gasteiger partial charge in [0.05, 0.1) is 9.70 Å². The van der Waals surface area contributed by atoms with Crippen molar-refractivity contribution >= 4 is 45.6 Å². The van der Waals surface area contributed by atoms with E-state index in [0.29, 0.717) is 6.04 Å². The molecule has 1 aliphatic rings. The van der Waals surface area contributed by atoms with E-state index in [4.69, 9.17) is 0 Å². The van der Waals surface area contributed by atoms with Gasteiger partial charge in [-0.15, -0.1) is 23.7 Å². The SMILES string of the molecule is CC(C(=O)N(C)C1CCNC1)c1ccc(Br)s1.Cl. The average molecular weight is 354 g/mol. The van der Waals surface area contributed by atoms with Crippen molar-refractivity contribution in [2.24, 2.45) is 0 Å². The Morgan fingerprint density at radius 2 is 2.33 bits per heavy atom. The first-order chi connectivity index (χ1) is 8.09. The third kappa shape index (κ3) is 3.47. The zero-order valence-electron chi connectivity index (χ0n) is 10.5. The summed E-state index contributed by atoms with van der Waals surface area (Å²) in [7, 11) is 1.92. The molecule has 1 N–H and O–H groups in total. The van der Waals surface area contributed by atoms with Gasteiger partial charge < -0.3 is 10.2 Å².